The average molecular weight is 250 g/mol. The average Bonchev–Trinajstić information content (AvgIpc) is 2.18. The van der Waals surface area contributed by atoms with Gasteiger partial charge in [0.15, 0.2) is 6.10 Å². The van der Waals surface area contributed by atoms with Gasteiger partial charge in [-0.05, 0) is 17.7 Å². The zero-order valence-electron chi connectivity index (χ0n) is 8.69. The van der Waals surface area contributed by atoms with E-state index in [1.54, 1.807) is 0 Å². The summed E-state index contributed by atoms with van der Waals surface area (Å²) in [6.07, 6.45) is -5.98. The fourth-order valence-electron chi connectivity index (χ4n) is 1.22. The Hall–Kier alpha value is -1.76. The number of ether oxygens (including phenoxy) is 2. The molecule has 0 heterocycles. The maximum absolute atomic E-state index is 11.9. The predicted molar refractivity (Wildman–Crippen MR) is 50.5 cm³/mol. The largest absolute Gasteiger partial charge is 0.573 e. The van der Waals surface area contributed by atoms with Crippen LogP contribution in [0.5, 0.6) is 5.75 Å². The number of halogens is 3. The van der Waals surface area contributed by atoms with E-state index in [2.05, 4.69) is 9.47 Å². The van der Waals surface area contributed by atoms with Gasteiger partial charge in [-0.1, -0.05) is 12.1 Å². The van der Waals surface area contributed by atoms with Crippen LogP contribution < -0.4 is 4.74 Å². The molecule has 1 N–H and O–H groups in total. The van der Waals surface area contributed by atoms with Crippen molar-refractivity contribution in [3.8, 4) is 5.75 Å². The van der Waals surface area contributed by atoms with Gasteiger partial charge in [0.2, 0.25) is 0 Å². The summed E-state index contributed by atoms with van der Waals surface area (Å²) in [4.78, 5) is 10.7. The summed E-state index contributed by atoms with van der Waals surface area (Å²) < 4.78 is 43.9. The second kappa shape index (κ2) is 5.05. The Morgan fingerprint density at radius 3 is 2.18 bits per heavy atom. The SMILES string of the molecule is COC(C(=O)O)c1ccc(OC(F)(F)F)cc1. The van der Waals surface area contributed by atoms with Crippen LogP contribution in [0.15, 0.2) is 24.3 Å². The molecule has 1 aromatic rings. The number of carboxylic acid groups (broad SMARTS) is 1. The summed E-state index contributed by atoms with van der Waals surface area (Å²) in [6.45, 7) is 0. The molecule has 0 fully saturated rings. The first kappa shape index (κ1) is 13.3. The Kier molecular flexibility index (Phi) is 3.95. The van der Waals surface area contributed by atoms with Crippen molar-refractivity contribution in [2.24, 2.45) is 0 Å². The minimum atomic E-state index is -4.77. The van der Waals surface area contributed by atoms with Crippen LogP contribution in [-0.4, -0.2) is 24.5 Å². The van der Waals surface area contributed by atoms with Gasteiger partial charge in [-0.3, -0.25) is 0 Å². The summed E-state index contributed by atoms with van der Waals surface area (Å²) in [5.74, 6) is -1.64. The molecule has 0 aromatic heterocycles. The van der Waals surface area contributed by atoms with Gasteiger partial charge in [0, 0.05) is 7.11 Å². The van der Waals surface area contributed by atoms with E-state index >= 15 is 0 Å². The van der Waals surface area contributed by atoms with Crippen LogP contribution in [0, 0.1) is 0 Å². The summed E-state index contributed by atoms with van der Waals surface area (Å²) in [5, 5.41) is 8.75. The minimum Gasteiger partial charge on any atom is -0.479 e. The summed E-state index contributed by atoms with van der Waals surface area (Å²) >= 11 is 0. The Balaban J connectivity index is 2.84. The Morgan fingerprint density at radius 2 is 1.82 bits per heavy atom. The zero-order valence-corrected chi connectivity index (χ0v) is 8.69. The van der Waals surface area contributed by atoms with Crippen molar-refractivity contribution in [2.75, 3.05) is 7.11 Å². The lowest BCUT2D eigenvalue weighted by Crippen LogP contribution is -2.17. The summed E-state index contributed by atoms with van der Waals surface area (Å²) in [5.41, 5.74) is 0.231. The maximum Gasteiger partial charge on any atom is 0.573 e. The molecule has 0 amide bonds. The Morgan fingerprint density at radius 1 is 1.29 bits per heavy atom. The number of methoxy groups -OCH3 is 1. The molecule has 0 spiro atoms. The highest BCUT2D eigenvalue weighted by molar-refractivity contribution is 5.74. The number of rotatable bonds is 4. The number of hydrogen-bond acceptors (Lipinski definition) is 3. The van der Waals surface area contributed by atoms with E-state index in [4.69, 9.17) is 5.11 Å². The first-order chi connectivity index (χ1) is 7.83. The lowest BCUT2D eigenvalue weighted by atomic mass is 10.1. The molecule has 0 bridgehead atoms. The molecule has 0 aliphatic carbocycles. The molecule has 0 saturated heterocycles. The number of carbonyl (C=O) groups is 1. The van der Waals surface area contributed by atoms with Crippen LogP contribution in [0.3, 0.4) is 0 Å². The first-order valence-electron chi connectivity index (χ1n) is 4.45. The second-order valence-corrected chi connectivity index (χ2v) is 3.07. The van der Waals surface area contributed by atoms with Crippen molar-refractivity contribution < 1.29 is 32.5 Å². The molecule has 1 rings (SSSR count). The number of alkyl halides is 3. The monoisotopic (exact) mass is 250 g/mol. The molecule has 0 saturated carbocycles. The first-order valence-corrected chi connectivity index (χ1v) is 4.45. The molecular formula is C10H9F3O4. The maximum atomic E-state index is 11.9. The van der Waals surface area contributed by atoms with E-state index in [0.29, 0.717) is 0 Å². The van der Waals surface area contributed by atoms with Gasteiger partial charge in [0.05, 0.1) is 0 Å². The molecule has 0 radical (unpaired) electrons. The molecular weight excluding hydrogens is 241 g/mol. The molecule has 4 nitrogen and oxygen atoms in total. The predicted octanol–water partition coefficient (Wildman–Crippen LogP) is 2.36. The minimum absolute atomic E-state index is 0.231. The van der Waals surface area contributed by atoms with E-state index in [1.807, 2.05) is 0 Å². The fraction of sp³-hybridized carbons (Fsp3) is 0.300. The van der Waals surface area contributed by atoms with E-state index in [0.717, 1.165) is 12.1 Å². The van der Waals surface area contributed by atoms with Crippen molar-refractivity contribution in [3.05, 3.63) is 29.8 Å². The molecule has 7 heteroatoms. The number of aliphatic carboxylic acids is 1. The topological polar surface area (TPSA) is 55.8 Å². The number of benzene rings is 1. The number of carboxylic acids is 1. The van der Waals surface area contributed by atoms with E-state index in [-0.39, 0.29) is 5.56 Å². The normalized spacial score (nSPS) is 13.2. The third kappa shape index (κ3) is 3.95. The van der Waals surface area contributed by atoms with Crippen molar-refractivity contribution in [3.63, 3.8) is 0 Å². The van der Waals surface area contributed by atoms with Gasteiger partial charge in [-0.25, -0.2) is 4.79 Å². The van der Waals surface area contributed by atoms with Gasteiger partial charge in [0.25, 0.3) is 0 Å². The molecule has 17 heavy (non-hydrogen) atoms. The highest BCUT2D eigenvalue weighted by Gasteiger charge is 2.31. The van der Waals surface area contributed by atoms with Crippen molar-refractivity contribution in [2.45, 2.75) is 12.5 Å². The van der Waals surface area contributed by atoms with Gasteiger partial charge in [-0.15, -0.1) is 13.2 Å². The fourth-order valence-corrected chi connectivity index (χ4v) is 1.22. The Bertz CT molecular complexity index is 386. The third-order valence-electron chi connectivity index (χ3n) is 1.88. The van der Waals surface area contributed by atoms with Crippen molar-refractivity contribution in [1.82, 2.24) is 0 Å². The van der Waals surface area contributed by atoms with Crippen LogP contribution in [-0.2, 0) is 9.53 Å². The molecule has 1 aromatic carbocycles. The van der Waals surface area contributed by atoms with Crippen LogP contribution in [0.2, 0.25) is 0 Å². The van der Waals surface area contributed by atoms with Crippen LogP contribution in [0.1, 0.15) is 11.7 Å². The zero-order chi connectivity index (χ0) is 13.1. The lowest BCUT2D eigenvalue weighted by molar-refractivity contribution is -0.274. The van der Waals surface area contributed by atoms with Gasteiger partial charge in [-0.2, -0.15) is 0 Å². The van der Waals surface area contributed by atoms with Crippen LogP contribution in [0.25, 0.3) is 0 Å². The molecule has 1 atom stereocenters. The quantitative estimate of drug-likeness (QED) is 0.891. The third-order valence-corrected chi connectivity index (χ3v) is 1.88. The number of hydrogen-bond donors (Lipinski definition) is 1. The highest BCUT2D eigenvalue weighted by atomic mass is 19.4. The standard InChI is InChI=1S/C10H9F3O4/c1-16-8(9(14)15)6-2-4-7(5-3-6)17-10(11,12)13/h2-5,8H,1H3,(H,14,15). The summed E-state index contributed by atoms with van der Waals surface area (Å²) in [6, 6.07) is 4.45. The van der Waals surface area contributed by atoms with E-state index in [9.17, 15) is 18.0 Å². The highest BCUT2D eigenvalue weighted by Crippen LogP contribution is 2.25. The second-order valence-electron chi connectivity index (χ2n) is 3.07. The van der Waals surface area contributed by atoms with Crippen LogP contribution in [0.4, 0.5) is 13.2 Å². The lowest BCUT2D eigenvalue weighted by Gasteiger charge is -2.12. The summed E-state index contributed by atoms with van der Waals surface area (Å²) in [7, 11) is 1.19. The Labute approximate surface area is 94.6 Å². The molecule has 1 unspecified atom stereocenters. The van der Waals surface area contributed by atoms with Gasteiger partial charge < -0.3 is 14.6 Å². The molecule has 0 aliphatic heterocycles. The van der Waals surface area contributed by atoms with E-state index < -0.39 is 24.2 Å². The van der Waals surface area contributed by atoms with Gasteiger partial charge in [0.1, 0.15) is 5.75 Å². The molecule has 0 aliphatic rings. The van der Waals surface area contributed by atoms with Crippen molar-refractivity contribution in [1.29, 1.82) is 0 Å². The smallest absolute Gasteiger partial charge is 0.479 e. The van der Waals surface area contributed by atoms with Crippen molar-refractivity contribution >= 4 is 5.97 Å². The van der Waals surface area contributed by atoms with Gasteiger partial charge >= 0.3 is 12.3 Å². The van der Waals surface area contributed by atoms with Crippen LogP contribution >= 0.6 is 0 Å². The molecule has 94 valence electrons. The van der Waals surface area contributed by atoms with E-state index in [1.165, 1.54) is 19.2 Å².